The van der Waals surface area contributed by atoms with Crippen molar-refractivity contribution in [2.75, 3.05) is 0 Å². The molecule has 0 amide bonds. The highest BCUT2D eigenvalue weighted by molar-refractivity contribution is 6.25. The summed E-state index contributed by atoms with van der Waals surface area (Å²) in [4.78, 5) is -0.452. The first kappa shape index (κ1) is 13.8. The molecule has 0 fully saturated rings. The highest BCUT2D eigenvalue weighted by Crippen LogP contribution is 2.21. The van der Waals surface area contributed by atoms with Crippen LogP contribution in [0.1, 0.15) is 11.3 Å². The normalized spacial score (nSPS) is 17.3. The molecule has 6 heteroatoms. The summed E-state index contributed by atoms with van der Waals surface area (Å²) in [7, 11) is 0. The fourth-order valence-electron chi connectivity index (χ4n) is 2.19. The summed E-state index contributed by atoms with van der Waals surface area (Å²) in [6.07, 6.45) is 7.96. The van der Waals surface area contributed by atoms with Crippen LogP contribution in [-0.2, 0) is 0 Å². The van der Waals surface area contributed by atoms with Gasteiger partial charge in [0.25, 0.3) is 5.95 Å². The van der Waals surface area contributed by atoms with Crippen LogP contribution in [0.25, 0.3) is 11.6 Å². The molecule has 3 rings (SSSR count). The highest BCUT2D eigenvalue weighted by Gasteiger charge is 2.13. The van der Waals surface area contributed by atoms with Gasteiger partial charge in [-0.05, 0) is 37.3 Å². The van der Waals surface area contributed by atoms with Crippen LogP contribution in [0.2, 0.25) is 0 Å². The van der Waals surface area contributed by atoms with Gasteiger partial charge in [0.15, 0.2) is 0 Å². The average molecular weight is 298 g/mol. The summed E-state index contributed by atoms with van der Waals surface area (Å²) in [6, 6.07) is 4.99. The zero-order valence-corrected chi connectivity index (χ0v) is 11.6. The van der Waals surface area contributed by atoms with E-state index >= 15 is 0 Å². The van der Waals surface area contributed by atoms with Crippen molar-refractivity contribution in [1.82, 2.24) is 0 Å². The third-order valence-corrected chi connectivity index (χ3v) is 3.15. The molecule has 112 valence electrons. The summed E-state index contributed by atoms with van der Waals surface area (Å²) in [5, 5.41) is 31.7. The Balaban J connectivity index is 2.13. The van der Waals surface area contributed by atoms with E-state index in [1.54, 1.807) is 49.4 Å². The molecule has 0 atom stereocenters. The van der Waals surface area contributed by atoms with Crippen LogP contribution in [0, 0.1) is 17.3 Å². The maximum Gasteiger partial charge on any atom is 0.289 e. The fraction of sp³-hybridized carbons (Fsp3) is 0.0625. The standard InChI is InChI=1S/C16H12NO5/c1-10-8-11(16(18)21-10)9-12-6-7-15(22-12)13-4-2-3-5-14(13)17(19)20/h2-9H,1H3,(H-,18,19,20)/q-1. The smallest absolute Gasteiger partial charge is 0.289 e. The Morgan fingerprint density at radius 3 is 2.59 bits per heavy atom. The largest absolute Gasteiger partial charge is 0.612 e. The monoisotopic (exact) mass is 298 g/mol. The van der Waals surface area contributed by atoms with Gasteiger partial charge in [-0.3, -0.25) is 0 Å². The Labute approximate surface area is 125 Å². The van der Waals surface area contributed by atoms with Crippen molar-refractivity contribution in [2.45, 2.75) is 6.92 Å². The molecule has 2 aromatic rings. The van der Waals surface area contributed by atoms with E-state index in [4.69, 9.17) is 8.83 Å². The van der Waals surface area contributed by atoms with E-state index < -0.39 is 4.90 Å². The van der Waals surface area contributed by atoms with Crippen molar-refractivity contribution in [3.63, 3.8) is 0 Å². The zero-order valence-electron chi connectivity index (χ0n) is 11.6. The molecule has 0 saturated carbocycles. The number of aryl methyl sites for hydroxylation is 1. The molecule has 0 unspecified atom stereocenters. The van der Waals surface area contributed by atoms with Crippen molar-refractivity contribution in [2.24, 2.45) is 0 Å². The van der Waals surface area contributed by atoms with E-state index in [-0.39, 0.29) is 11.7 Å². The molecule has 1 aliphatic rings. The number of rotatable bonds is 1. The maximum absolute atomic E-state index is 11.1. The van der Waals surface area contributed by atoms with Crippen LogP contribution in [0.15, 0.2) is 51.3 Å². The number of hydrogen-bond donors (Lipinski definition) is 1. The number of nitrogens with zero attached hydrogens (tertiary/aromatic N) is 1. The molecule has 0 radical (unpaired) electrons. The Hall–Kier alpha value is -3.15. The Kier molecular flexibility index (Phi) is 3.34. The topological polar surface area (TPSA) is 95.6 Å². The van der Waals surface area contributed by atoms with Gasteiger partial charge >= 0.3 is 0 Å². The second-order valence-electron chi connectivity index (χ2n) is 4.74. The van der Waals surface area contributed by atoms with Crippen molar-refractivity contribution in [1.29, 1.82) is 0 Å². The van der Waals surface area contributed by atoms with Gasteiger partial charge in [-0.25, -0.2) is 0 Å². The van der Waals surface area contributed by atoms with Crippen LogP contribution < -0.4 is 10.8 Å². The Morgan fingerprint density at radius 2 is 1.91 bits per heavy atom. The van der Waals surface area contributed by atoms with Crippen molar-refractivity contribution in [3.05, 3.63) is 75.1 Å². The number of hydrogen-bond acceptors (Lipinski definition) is 5. The molecule has 22 heavy (non-hydrogen) atoms. The number of allylic oxidation sites excluding steroid dienone is 4. The molecule has 0 bridgehead atoms. The summed E-state index contributed by atoms with van der Waals surface area (Å²) >= 11 is 0. The van der Waals surface area contributed by atoms with Crippen LogP contribution in [-0.4, -0.2) is 15.7 Å². The van der Waals surface area contributed by atoms with Crippen molar-refractivity contribution in [3.8, 4) is 5.95 Å². The first-order valence-electron chi connectivity index (χ1n) is 6.52. The average Bonchev–Trinajstić information content (AvgIpc) is 3.06. The van der Waals surface area contributed by atoms with Crippen LogP contribution >= 0.6 is 0 Å². The van der Waals surface area contributed by atoms with Gasteiger partial charge in [0.1, 0.15) is 16.6 Å². The first-order chi connectivity index (χ1) is 10.5. The van der Waals surface area contributed by atoms with Gasteiger partial charge in [-0.1, -0.05) is 12.2 Å². The summed E-state index contributed by atoms with van der Waals surface area (Å²) in [5.41, 5.74) is 1.72. The molecule has 0 spiro atoms. The molecule has 1 N–H and O–H groups in total. The van der Waals surface area contributed by atoms with Crippen molar-refractivity contribution < 1.29 is 18.8 Å². The van der Waals surface area contributed by atoms with E-state index in [1.165, 1.54) is 6.08 Å². The van der Waals surface area contributed by atoms with Crippen LogP contribution in [0.4, 0.5) is 0 Å². The number of furan rings is 2. The lowest BCUT2D eigenvalue weighted by Crippen LogP contribution is -2.17. The summed E-state index contributed by atoms with van der Waals surface area (Å²) < 4.78 is 10.6. The summed E-state index contributed by atoms with van der Waals surface area (Å²) in [5.74, 6) is 0.385. The van der Waals surface area contributed by atoms with E-state index in [0.29, 0.717) is 27.7 Å². The van der Waals surface area contributed by atoms with Gasteiger partial charge in [0, 0.05) is 6.08 Å². The highest BCUT2D eigenvalue weighted by atomic mass is 16.8. The van der Waals surface area contributed by atoms with Gasteiger partial charge in [-0.2, -0.15) is 4.90 Å². The molecule has 1 aliphatic carbocycles. The molecule has 6 nitrogen and oxygen atoms in total. The van der Waals surface area contributed by atoms with E-state index in [1.807, 2.05) is 0 Å². The van der Waals surface area contributed by atoms with Crippen molar-refractivity contribution >= 4 is 17.4 Å². The van der Waals surface area contributed by atoms with Crippen LogP contribution in [0.5, 0.6) is 5.95 Å². The molecular weight excluding hydrogens is 286 g/mol. The quantitative estimate of drug-likeness (QED) is 0.635. The maximum atomic E-state index is 11.1. The van der Waals surface area contributed by atoms with Gasteiger partial charge in [0.05, 0.1) is 11.1 Å². The molecule has 2 aromatic heterocycles. The predicted octanol–water partition coefficient (Wildman–Crippen LogP) is 1.44. The van der Waals surface area contributed by atoms with Gasteiger partial charge in [0.2, 0.25) is 5.71 Å². The zero-order chi connectivity index (χ0) is 15.7. The molecular formula is C16H12NO5-. The molecule has 0 aromatic carbocycles. The fourth-order valence-corrected chi connectivity index (χ4v) is 2.19. The lowest BCUT2D eigenvalue weighted by molar-refractivity contribution is -0.376. The lowest BCUT2D eigenvalue weighted by atomic mass is 10.1. The first-order valence-corrected chi connectivity index (χ1v) is 6.52. The molecule has 0 saturated heterocycles. The predicted molar refractivity (Wildman–Crippen MR) is 80.3 cm³/mol. The Morgan fingerprint density at radius 1 is 1.14 bits per heavy atom. The minimum atomic E-state index is -0.452. The minimum Gasteiger partial charge on any atom is -0.612 e. The molecule has 0 aliphatic heterocycles. The second kappa shape index (κ2) is 5.33. The van der Waals surface area contributed by atoms with Gasteiger partial charge < -0.3 is 24.4 Å². The van der Waals surface area contributed by atoms with E-state index in [9.17, 15) is 15.5 Å². The van der Waals surface area contributed by atoms with Gasteiger partial charge in [-0.15, -0.1) is 0 Å². The third kappa shape index (κ3) is 2.54. The molecule has 2 heterocycles. The van der Waals surface area contributed by atoms with Crippen LogP contribution in [0.3, 0.4) is 0 Å². The second-order valence-corrected chi connectivity index (χ2v) is 4.74. The lowest BCUT2D eigenvalue weighted by Gasteiger charge is -2.09. The SMILES string of the molecule is Cc1cc(C=c2ccc(=C3C=CC=CC3=[N+]([O-])[O-])o2)c(O)o1. The third-order valence-electron chi connectivity index (χ3n) is 3.15. The number of aromatic hydroxyl groups is 1. The van der Waals surface area contributed by atoms with E-state index in [2.05, 4.69) is 0 Å². The van der Waals surface area contributed by atoms with E-state index in [0.717, 1.165) is 0 Å². The minimum absolute atomic E-state index is 0.0228. The summed E-state index contributed by atoms with van der Waals surface area (Å²) in [6.45, 7) is 1.72. The Bertz CT molecular complexity index is 920.